The molecule has 0 bridgehead atoms. The van der Waals surface area contributed by atoms with Crippen LogP contribution in [-0.4, -0.2) is 16.9 Å². The normalized spacial score (nSPS) is 11.2. The van der Waals surface area contributed by atoms with Gasteiger partial charge in [0.25, 0.3) is 11.9 Å². The number of nitrogens with zero attached hydrogens (tertiary/aromatic N) is 1. The van der Waals surface area contributed by atoms with Crippen molar-refractivity contribution in [3.63, 3.8) is 0 Å². The minimum absolute atomic E-state index is 0. The van der Waals surface area contributed by atoms with Crippen molar-refractivity contribution < 1.29 is 9.72 Å². The lowest BCUT2D eigenvalue weighted by Crippen LogP contribution is -2.37. The Kier molecular flexibility index (Phi) is 5.33. The van der Waals surface area contributed by atoms with Gasteiger partial charge in [-0.15, -0.1) is 12.4 Å². The van der Waals surface area contributed by atoms with Crippen molar-refractivity contribution in [2.75, 3.05) is 0 Å². The molecule has 0 aliphatic carbocycles. The number of nitrogens with two attached hydrogens (primary N) is 1. The van der Waals surface area contributed by atoms with Crippen molar-refractivity contribution in [3.8, 4) is 0 Å². The maximum Gasteiger partial charge on any atom is 0.293 e. The molecule has 1 unspecified atom stereocenters. The number of carbonyl (C=O) groups excluding carboxylic acids is 1. The molecule has 0 aliphatic rings. The minimum atomic E-state index is -1.34. The maximum absolute atomic E-state index is 10.7. The van der Waals surface area contributed by atoms with Crippen LogP contribution in [0.1, 0.15) is 5.56 Å². The van der Waals surface area contributed by atoms with Crippen LogP contribution in [-0.2, 0) is 11.2 Å². The Labute approximate surface area is 92.8 Å². The minimum Gasteiger partial charge on any atom is -0.364 e. The highest BCUT2D eigenvalue weighted by molar-refractivity contribution is 5.85. The second-order valence-electron chi connectivity index (χ2n) is 2.89. The second kappa shape index (κ2) is 5.98. The van der Waals surface area contributed by atoms with Gasteiger partial charge in [-0.1, -0.05) is 30.3 Å². The highest BCUT2D eigenvalue weighted by Crippen LogP contribution is 2.04. The van der Waals surface area contributed by atoms with Crippen molar-refractivity contribution in [1.29, 1.82) is 0 Å². The lowest BCUT2D eigenvalue weighted by molar-refractivity contribution is -0.506. The number of halogens is 1. The summed E-state index contributed by atoms with van der Waals surface area (Å²) in [6.07, 6.45) is 0.0448. The second-order valence-corrected chi connectivity index (χ2v) is 2.89. The number of hydrogen-bond acceptors (Lipinski definition) is 3. The van der Waals surface area contributed by atoms with Crippen molar-refractivity contribution in [1.82, 2.24) is 0 Å². The van der Waals surface area contributed by atoms with Crippen LogP contribution in [0.4, 0.5) is 0 Å². The molecule has 0 spiro atoms. The van der Waals surface area contributed by atoms with E-state index in [-0.39, 0.29) is 18.8 Å². The molecule has 0 heterocycles. The summed E-state index contributed by atoms with van der Waals surface area (Å²) in [5, 5.41) is 10.5. The molecule has 0 fully saturated rings. The molecule has 82 valence electrons. The number of nitro groups is 1. The van der Waals surface area contributed by atoms with Crippen LogP contribution in [0.25, 0.3) is 0 Å². The molecule has 2 N–H and O–H groups in total. The zero-order valence-electron chi connectivity index (χ0n) is 7.83. The van der Waals surface area contributed by atoms with Gasteiger partial charge in [-0.25, -0.2) is 0 Å². The summed E-state index contributed by atoms with van der Waals surface area (Å²) in [5.74, 6) is -0.904. The fourth-order valence-electron chi connectivity index (χ4n) is 1.12. The van der Waals surface area contributed by atoms with Crippen LogP contribution in [0.3, 0.4) is 0 Å². The van der Waals surface area contributed by atoms with E-state index in [0.717, 1.165) is 5.56 Å². The van der Waals surface area contributed by atoms with Gasteiger partial charge in [-0.2, -0.15) is 0 Å². The molecule has 0 aliphatic heterocycles. The Morgan fingerprint density at radius 3 is 2.33 bits per heavy atom. The van der Waals surface area contributed by atoms with Crippen LogP contribution >= 0.6 is 12.4 Å². The topological polar surface area (TPSA) is 86.2 Å². The highest BCUT2D eigenvalue weighted by Gasteiger charge is 2.26. The van der Waals surface area contributed by atoms with Gasteiger partial charge in [0.2, 0.25) is 0 Å². The van der Waals surface area contributed by atoms with Crippen LogP contribution in [0.5, 0.6) is 0 Å². The lowest BCUT2D eigenvalue weighted by atomic mass is 10.1. The van der Waals surface area contributed by atoms with E-state index in [1.54, 1.807) is 30.3 Å². The third-order valence-electron chi connectivity index (χ3n) is 1.85. The number of carbonyl (C=O) groups is 1. The largest absolute Gasteiger partial charge is 0.364 e. The van der Waals surface area contributed by atoms with Crippen molar-refractivity contribution in [2.24, 2.45) is 5.73 Å². The molecule has 0 saturated heterocycles. The van der Waals surface area contributed by atoms with E-state index in [4.69, 9.17) is 5.73 Å². The predicted molar refractivity (Wildman–Crippen MR) is 57.4 cm³/mol. The molecule has 1 amide bonds. The Morgan fingerprint density at radius 1 is 1.40 bits per heavy atom. The molecule has 1 aromatic rings. The van der Waals surface area contributed by atoms with Gasteiger partial charge in [0.05, 0.1) is 0 Å². The zero-order valence-corrected chi connectivity index (χ0v) is 8.65. The Bertz CT molecular complexity index is 328. The van der Waals surface area contributed by atoms with E-state index in [9.17, 15) is 14.9 Å². The highest BCUT2D eigenvalue weighted by atomic mass is 35.5. The predicted octanol–water partition coefficient (Wildman–Crippen LogP) is 0.781. The molecule has 0 radical (unpaired) electrons. The third kappa shape index (κ3) is 3.95. The molecule has 6 heteroatoms. The lowest BCUT2D eigenvalue weighted by Gasteiger charge is -2.04. The first-order valence-corrected chi connectivity index (χ1v) is 4.08. The van der Waals surface area contributed by atoms with Crippen LogP contribution in [0.2, 0.25) is 0 Å². The Morgan fingerprint density at radius 2 is 1.93 bits per heavy atom. The van der Waals surface area contributed by atoms with E-state index >= 15 is 0 Å². The molecule has 1 atom stereocenters. The molecular weight excluding hydrogens is 220 g/mol. The van der Waals surface area contributed by atoms with E-state index in [2.05, 4.69) is 0 Å². The summed E-state index contributed by atoms with van der Waals surface area (Å²) >= 11 is 0. The molecule has 0 saturated carbocycles. The monoisotopic (exact) mass is 230 g/mol. The molecule has 0 aromatic heterocycles. The Balaban J connectivity index is 0.00000196. The summed E-state index contributed by atoms with van der Waals surface area (Å²) in [6.45, 7) is 0. The first-order chi connectivity index (χ1) is 6.61. The van der Waals surface area contributed by atoms with Gasteiger partial charge in [-0.05, 0) is 5.56 Å². The van der Waals surface area contributed by atoms with Gasteiger partial charge >= 0.3 is 0 Å². The number of hydrogen-bond donors (Lipinski definition) is 1. The first-order valence-electron chi connectivity index (χ1n) is 4.08. The SMILES string of the molecule is Cl.NC(=O)C(Cc1ccccc1)[N+](=O)[O-]. The van der Waals surface area contributed by atoms with Crippen molar-refractivity contribution in [3.05, 3.63) is 46.0 Å². The quantitative estimate of drug-likeness (QED) is 0.613. The van der Waals surface area contributed by atoms with Gasteiger partial charge in [0.1, 0.15) is 0 Å². The first kappa shape index (κ1) is 13.4. The van der Waals surface area contributed by atoms with Gasteiger partial charge in [0, 0.05) is 11.3 Å². The van der Waals surface area contributed by atoms with E-state index < -0.39 is 16.9 Å². The zero-order chi connectivity index (χ0) is 10.6. The van der Waals surface area contributed by atoms with Gasteiger partial charge in [0.15, 0.2) is 0 Å². The molecular formula is C9H11ClN2O3. The van der Waals surface area contributed by atoms with E-state index in [0.29, 0.717) is 0 Å². The third-order valence-corrected chi connectivity index (χ3v) is 1.85. The standard InChI is InChI=1S/C9H10N2O3.ClH/c10-9(12)8(11(13)14)6-7-4-2-1-3-5-7;/h1-5,8H,6H2,(H2,10,12);1H. The number of benzene rings is 1. The summed E-state index contributed by atoms with van der Waals surface area (Å²) in [5.41, 5.74) is 5.63. The summed E-state index contributed by atoms with van der Waals surface area (Å²) in [6, 6.07) is 7.42. The fraction of sp³-hybridized carbons (Fsp3) is 0.222. The molecule has 5 nitrogen and oxygen atoms in total. The van der Waals surface area contributed by atoms with Crippen LogP contribution in [0, 0.1) is 10.1 Å². The van der Waals surface area contributed by atoms with Gasteiger partial charge < -0.3 is 5.73 Å². The summed E-state index contributed by atoms with van der Waals surface area (Å²) < 4.78 is 0. The van der Waals surface area contributed by atoms with Gasteiger partial charge in [-0.3, -0.25) is 14.9 Å². The average Bonchev–Trinajstić information content (AvgIpc) is 2.15. The molecule has 1 rings (SSSR count). The van der Waals surface area contributed by atoms with Crippen molar-refractivity contribution in [2.45, 2.75) is 12.5 Å². The maximum atomic E-state index is 10.7. The molecule has 1 aromatic carbocycles. The summed E-state index contributed by atoms with van der Waals surface area (Å²) in [7, 11) is 0. The average molecular weight is 231 g/mol. The Hall–Kier alpha value is -1.62. The number of amides is 1. The van der Waals surface area contributed by atoms with E-state index in [1.165, 1.54) is 0 Å². The molecule has 15 heavy (non-hydrogen) atoms. The van der Waals surface area contributed by atoms with Crippen molar-refractivity contribution >= 4 is 18.3 Å². The summed E-state index contributed by atoms with van der Waals surface area (Å²) in [4.78, 5) is 20.5. The number of primary amides is 1. The van der Waals surface area contributed by atoms with Crippen LogP contribution < -0.4 is 5.73 Å². The fourth-order valence-corrected chi connectivity index (χ4v) is 1.12. The van der Waals surface area contributed by atoms with E-state index in [1.807, 2.05) is 0 Å². The number of rotatable bonds is 4. The van der Waals surface area contributed by atoms with Crippen LogP contribution in [0.15, 0.2) is 30.3 Å². The smallest absolute Gasteiger partial charge is 0.293 e.